The van der Waals surface area contributed by atoms with E-state index in [-0.39, 0.29) is 6.61 Å². The molecule has 0 saturated carbocycles. The summed E-state index contributed by atoms with van der Waals surface area (Å²) < 4.78 is 42.2. The van der Waals surface area contributed by atoms with E-state index in [2.05, 4.69) is 22.6 Å². The van der Waals surface area contributed by atoms with Crippen LogP contribution in [-0.2, 0) is 10.3 Å². The van der Waals surface area contributed by atoms with Crippen LogP contribution >= 0.6 is 22.6 Å². The van der Waals surface area contributed by atoms with Crippen LogP contribution in [-0.4, -0.2) is 17.2 Å². The van der Waals surface area contributed by atoms with Gasteiger partial charge in [-0.3, -0.25) is 0 Å². The molecule has 0 amide bonds. The molecule has 1 atom stereocenters. The highest BCUT2D eigenvalue weighted by Crippen LogP contribution is 2.29. The van der Waals surface area contributed by atoms with E-state index in [1.165, 1.54) is 0 Å². The third-order valence-electron chi connectivity index (χ3n) is 2.45. The fraction of sp³-hybridized carbons (Fsp3) is 0.500. The average Bonchev–Trinajstić information content (AvgIpc) is 2.28. The molecule has 96 valence electrons. The molecule has 0 fully saturated rings. The Morgan fingerprint density at radius 1 is 1.18 bits per heavy atom. The van der Waals surface area contributed by atoms with Gasteiger partial charge in [0.05, 0.1) is 18.6 Å². The second-order valence-corrected chi connectivity index (χ2v) is 4.71. The van der Waals surface area contributed by atoms with Gasteiger partial charge in [-0.25, -0.2) is 0 Å². The lowest BCUT2D eigenvalue weighted by Crippen LogP contribution is -2.29. The maximum atomic E-state index is 12.1. The summed E-state index contributed by atoms with van der Waals surface area (Å²) in [5.41, 5.74) is 0.240. The normalized spacial score (nSPS) is 15.6. The van der Waals surface area contributed by atoms with Crippen molar-refractivity contribution >= 4 is 22.6 Å². The molecular weight excluding hydrogens is 344 g/mol. The summed E-state index contributed by atoms with van der Waals surface area (Å²) in [4.78, 5) is 0. The van der Waals surface area contributed by atoms with Gasteiger partial charge in [0.25, 0.3) is 0 Å². The zero-order chi connectivity index (χ0) is 12.9. The van der Waals surface area contributed by atoms with Crippen molar-refractivity contribution in [2.75, 3.05) is 11.0 Å². The zero-order valence-electron chi connectivity index (χ0n) is 9.43. The Labute approximate surface area is 112 Å². The standard InChI is InChI=1S/C12H14F3IO/c1-11(9-16,10-5-3-2-4-6-10)17-8-7-12(13,14)15/h2-6H,7-9H2,1H3. The number of alkyl halides is 4. The Bertz CT molecular complexity index is 339. The van der Waals surface area contributed by atoms with Gasteiger partial charge in [-0.05, 0) is 12.5 Å². The summed E-state index contributed by atoms with van der Waals surface area (Å²) in [5.74, 6) is 0. The topological polar surface area (TPSA) is 9.23 Å². The molecule has 0 heterocycles. The maximum Gasteiger partial charge on any atom is 0.391 e. The largest absolute Gasteiger partial charge is 0.391 e. The third kappa shape index (κ3) is 4.83. The van der Waals surface area contributed by atoms with Gasteiger partial charge in [0.2, 0.25) is 0 Å². The van der Waals surface area contributed by atoms with E-state index in [9.17, 15) is 13.2 Å². The lowest BCUT2D eigenvalue weighted by Gasteiger charge is -2.28. The minimum atomic E-state index is -4.16. The SMILES string of the molecule is CC(CI)(OCCC(F)(F)F)c1ccccc1. The molecule has 1 nitrogen and oxygen atoms in total. The summed E-state index contributed by atoms with van der Waals surface area (Å²) >= 11 is 2.12. The predicted octanol–water partition coefficient (Wildman–Crippen LogP) is 4.31. The first-order valence-electron chi connectivity index (χ1n) is 5.19. The summed E-state index contributed by atoms with van der Waals surface area (Å²) in [5, 5.41) is 0. The lowest BCUT2D eigenvalue weighted by atomic mass is 9.98. The first-order valence-corrected chi connectivity index (χ1v) is 6.72. The molecule has 0 aliphatic rings. The van der Waals surface area contributed by atoms with Crippen molar-refractivity contribution in [1.82, 2.24) is 0 Å². The highest BCUT2D eigenvalue weighted by molar-refractivity contribution is 14.1. The van der Waals surface area contributed by atoms with Gasteiger partial charge in [0.15, 0.2) is 0 Å². The molecule has 0 N–H and O–H groups in total. The van der Waals surface area contributed by atoms with Crippen molar-refractivity contribution in [3.05, 3.63) is 35.9 Å². The lowest BCUT2D eigenvalue weighted by molar-refractivity contribution is -0.155. The van der Waals surface area contributed by atoms with Crippen LogP contribution in [0.25, 0.3) is 0 Å². The molecule has 0 bridgehead atoms. The van der Waals surface area contributed by atoms with Gasteiger partial charge in [-0.2, -0.15) is 13.2 Å². The molecule has 0 radical (unpaired) electrons. The minimum Gasteiger partial charge on any atom is -0.369 e. The van der Waals surface area contributed by atoms with E-state index in [1.54, 1.807) is 0 Å². The number of benzene rings is 1. The molecular formula is C12H14F3IO. The summed E-state index contributed by atoms with van der Waals surface area (Å²) in [7, 11) is 0. The molecule has 5 heteroatoms. The highest BCUT2D eigenvalue weighted by atomic mass is 127. The fourth-order valence-electron chi connectivity index (χ4n) is 1.38. The molecule has 1 rings (SSSR count). The molecule has 1 aromatic carbocycles. The Hall–Kier alpha value is -0.300. The highest BCUT2D eigenvalue weighted by Gasteiger charge is 2.31. The van der Waals surface area contributed by atoms with Gasteiger partial charge in [-0.15, -0.1) is 0 Å². The van der Waals surface area contributed by atoms with Crippen molar-refractivity contribution in [2.24, 2.45) is 0 Å². The number of halogens is 4. The first-order chi connectivity index (χ1) is 7.87. The molecule has 0 spiro atoms. The van der Waals surface area contributed by atoms with Crippen molar-refractivity contribution in [2.45, 2.75) is 25.1 Å². The van der Waals surface area contributed by atoms with Gasteiger partial charge in [0, 0.05) is 4.43 Å². The Morgan fingerprint density at radius 2 is 1.76 bits per heavy atom. The van der Waals surface area contributed by atoms with Crippen molar-refractivity contribution in [3.63, 3.8) is 0 Å². The van der Waals surface area contributed by atoms with Crippen LogP contribution in [0.5, 0.6) is 0 Å². The van der Waals surface area contributed by atoms with Crippen LogP contribution in [0.2, 0.25) is 0 Å². The van der Waals surface area contributed by atoms with E-state index < -0.39 is 18.2 Å². The fourth-order valence-corrected chi connectivity index (χ4v) is 2.04. The minimum absolute atomic E-state index is 0.308. The summed E-state index contributed by atoms with van der Waals surface area (Å²) in [6, 6.07) is 9.31. The quantitative estimate of drug-likeness (QED) is 0.563. The number of ether oxygens (including phenoxy) is 1. The number of rotatable bonds is 5. The monoisotopic (exact) mass is 358 g/mol. The van der Waals surface area contributed by atoms with Gasteiger partial charge >= 0.3 is 6.18 Å². The van der Waals surface area contributed by atoms with Crippen LogP contribution < -0.4 is 0 Å². The molecule has 17 heavy (non-hydrogen) atoms. The van der Waals surface area contributed by atoms with Crippen LogP contribution in [0, 0.1) is 0 Å². The molecule has 1 unspecified atom stereocenters. The second-order valence-electron chi connectivity index (χ2n) is 3.94. The van der Waals surface area contributed by atoms with Crippen molar-refractivity contribution < 1.29 is 17.9 Å². The third-order valence-corrected chi connectivity index (χ3v) is 3.90. The summed E-state index contributed by atoms with van der Waals surface area (Å²) in [6.45, 7) is 1.50. The van der Waals surface area contributed by atoms with Gasteiger partial charge in [-0.1, -0.05) is 52.9 Å². The molecule has 0 aliphatic carbocycles. The van der Waals surface area contributed by atoms with E-state index in [0.29, 0.717) is 4.43 Å². The van der Waals surface area contributed by atoms with Crippen molar-refractivity contribution in [1.29, 1.82) is 0 Å². The van der Waals surface area contributed by atoms with E-state index >= 15 is 0 Å². The number of hydrogen-bond acceptors (Lipinski definition) is 1. The van der Waals surface area contributed by atoms with Crippen LogP contribution in [0.3, 0.4) is 0 Å². The smallest absolute Gasteiger partial charge is 0.369 e. The van der Waals surface area contributed by atoms with E-state index in [0.717, 1.165) is 5.56 Å². The van der Waals surface area contributed by atoms with E-state index in [1.807, 2.05) is 37.3 Å². The maximum absolute atomic E-state index is 12.1. The van der Waals surface area contributed by atoms with E-state index in [4.69, 9.17) is 4.74 Å². The average molecular weight is 358 g/mol. The molecule has 1 aromatic rings. The first kappa shape index (κ1) is 14.8. The number of hydrogen-bond donors (Lipinski definition) is 0. The van der Waals surface area contributed by atoms with Crippen molar-refractivity contribution in [3.8, 4) is 0 Å². The Kier molecular flexibility index (Phi) is 5.24. The zero-order valence-corrected chi connectivity index (χ0v) is 11.6. The van der Waals surface area contributed by atoms with Crippen LogP contribution in [0.1, 0.15) is 18.9 Å². The Balaban J connectivity index is 2.64. The molecule has 0 aliphatic heterocycles. The molecule has 0 aromatic heterocycles. The van der Waals surface area contributed by atoms with Gasteiger partial charge in [0.1, 0.15) is 0 Å². The predicted molar refractivity (Wildman–Crippen MR) is 69.3 cm³/mol. The Morgan fingerprint density at radius 3 is 2.24 bits per heavy atom. The van der Waals surface area contributed by atoms with Crippen LogP contribution in [0.4, 0.5) is 13.2 Å². The summed E-state index contributed by atoms with van der Waals surface area (Å²) in [6.07, 6.45) is -5.07. The molecule has 0 saturated heterocycles. The van der Waals surface area contributed by atoms with Crippen LogP contribution in [0.15, 0.2) is 30.3 Å². The second kappa shape index (κ2) is 6.04. The van der Waals surface area contributed by atoms with Gasteiger partial charge < -0.3 is 4.74 Å².